The van der Waals surface area contributed by atoms with Gasteiger partial charge in [0.05, 0.1) is 12.6 Å². The summed E-state index contributed by atoms with van der Waals surface area (Å²) in [6, 6.07) is 8.56. The number of unbranched alkanes of at least 4 members (excludes halogenated alkanes) is 1. The molecule has 0 aliphatic heterocycles. The van der Waals surface area contributed by atoms with Gasteiger partial charge >= 0.3 is 0 Å². The van der Waals surface area contributed by atoms with E-state index < -0.39 is 0 Å². The second-order valence-electron chi connectivity index (χ2n) is 5.89. The second-order valence-corrected chi connectivity index (χ2v) is 5.89. The quantitative estimate of drug-likeness (QED) is 0.753. The maximum Gasteiger partial charge on any atom is 0.118 e. The van der Waals surface area contributed by atoms with Crippen molar-refractivity contribution in [3.05, 3.63) is 29.8 Å². The molecular formula is C18H32N2O. The Balaban J connectivity index is 3.05. The molecule has 0 fully saturated rings. The van der Waals surface area contributed by atoms with E-state index in [1.54, 1.807) is 7.11 Å². The molecule has 2 N–H and O–H groups in total. The fraction of sp³-hybridized carbons (Fsp3) is 0.667. The zero-order valence-corrected chi connectivity index (χ0v) is 14.4. The summed E-state index contributed by atoms with van der Waals surface area (Å²) < 4.78 is 5.25. The molecule has 0 aromatic heterocycles. The Bertz CT molecular complexity index is 396. The molecule has 120 valence electrons. The summed E-state index contributed by atoms with van der Waals surface area (Å²) in [7, 11) is 1.69. The van der Waals surface area contributed by atoms with E-state index in [0.29, 0.717) is 6.04 Å². The van der Waals surface area contributed by atoms with Crippen molar-refractivity contribution in [1.29, 1.82) is 0 Å². The number of likely N-dealkylation sites (N-methyl/N-ethyl adjacent to an activating group) is 1. The molecule has 0 amide bonds. The molecule has 0 bridgehead atoms. The number of methoxy groups -OCH3 is 1. The first-order chi connectivity index (χ1) is 10.0. The van der Waals surface area contributed by atoms with Crippen LogP contribution in [-0.4, -0.2) is 31.1 Å². The van der Waals surface area contributed by atoms with Crippen LogP contribution < -0.4 is 10.5 Å². The lowest BCUT2D eigenvalue weighted by Crippen LogP contribution is -2.54. The SMILES string of the molecule is CCCCC(N(CC)CC)C(C)(N)c1ccc(OC)cc1. The van der Waals surface area contributed by atoms with Crippen LogP contribution in [-0.2, 0) is 5.54 Å². The minimum absolute atomic E-state index is 0.354. The lowest BCUT2D eigenvalue weighted by Gasteiger charge is -2.42. The van der Waals surface area contributed by atoms with E-state index in [1.807, 2.05) is 12.1 Å². The number of benzene rings is 1. The molecule has 1 aromatic rings. The standard InChI is InChI=1S/C18H32N2O/c1-6-9-10-17(20(7-2)8-3)18(4,19)15-11-13-16(21-5)14-12-15/h11-14,17H,6-10,19H2,1-5H3. The van der Waals surface area contributed by atoms with Crippen molar-refractivity contribution in [2.45, 2.75) is 58.5 Å². The van der Waals surface area contributed by atoms with Gasteiger partial charge in [-0.3, -0.25) is 4.90 Å². The van der Waals surface area contributed by atoms with Crippen molar-refractivity contribution in [3.8, 4) is 5.75 Å². The van der Waals surface area contributed by atoms with Crippen molar-refractivity contribution in [2.75, 3.05) is 20.2 Å². The van der Waals surface area contributed by atoms with Crippen molar-refractivity contribution in [2.24, 2.45) is 5.73 Å². The molecule has 0 saturated heterocycles. The van der Waals surface area contributed by atoms with Crippen LogP contribution in [0.25, 0.3) is 0 Å². The molecule has 2 unspecified atom stereocenters. The molecule has 0 aliphatic carbocycles. The van der Waals surface area contributed by atoms with Crippen molar-refractivity contribution in [1.82, 2.24) is 4.90 Å². The minimum Gasteiger partial charge on any atom is -0.497 e. The van der Waals surface area contributed by atoms with Crippen LogP contribution in [0.2, 0.25) is 0 Å². The van der Waals surface area contributed by atoms with Crippen LogP contribution in [0.1, 0.15) is 52.5 Å². The minimum atomic E-state index is -0.354. The number of rotatable bonds is 9. The van der Waals surface area contributed by atoms with E-state index in [1.165, 1.54) is 18.4 Å². The van der Waals surface area contributed by atoms with Crippen LogP contribution in [0, 0.1) is 0 Å². The molecule has 0 heterocycles. The molecule has 21 heavy (non-hydrogen) atoms. The average Bonchev–Trinajstić information content (AvgIpc) is 2.51. The summed E-state index contributed by atoms with van der Waals surface area (Å²) in [5, 5.41) is 0. The maximum absolute atomic E-state index is 6.78. The van der Waals surface area contributed by atoms with Crippen LogP contribution in [0.5, 0.6) is 5.75 Å². The van der Waals surface area contributed by atoms with E-state index in [9.17, 15) is 0 Å². The lowest BCUT2D eigenvalue weighted by atomic mass is 9.82. The first kappa shape index (κ1) is 18.0. The summed E-state index contributed by atoms with van der Waals surface area (Å²) in [6.45, 7) is 10.9. The number of nitrogens with zero attached hydrogens (tertiary/aromatic N) is 1. The Hall–Kier alpha value is -1.06. The molecule has 0 spiro atoms. The smallest absolute Gasteiger partial charge is 0.118 e. The van der Waals surface area contributed by atoms with E-state index >= 15 is 0 Å². The van der Waals surface area contributed by atoms with Gasteiger partial charge in [-0.25, -0.2) is 0 Å². The largest absolute Gasteiger partial charge is 0.497 e. The third-order valence-electron chi connectivity index (χ3n) is 4.49. The number of nitrogens with two attached hydrogens (primary N) is 1. The summed E-state index contributed by atoms with van der Waals surface area (Å²) in [5.41, 5.74) is 7.61. The third-order valence-corrected chi connectivity index (χ3v) is 4.49. The van der Waals surface area contributed by atoms with E-state index in [2.05, 4.69) is 44.7 Å². The highest BCUT2D eigenvalue weighted by Gasteiger charge is 2.34. The van der Waals surface area contributed by atoms with Gasteiger partial charge in [-0.1, -0.05) is 45.7 Å². The van der Waals surface area contributed by atoms with Crippen LogP contribution in [0.3, 0.4) is 0 Å². The Morgan fingerprint density at radius 2 is 1.71 bits per heavy atom. The van der Waals surface area contributed by atoms with Gasteiger partial charge in [0.25, 0.3) is 0 Å². The molecule has 1 rings (SSSR count). The summed E-state index contributed by atoms with van der Waals surface area (Å²) in [4.78, 5) is 2.49. The van der Waals surface area contributed by atoms with Gasteiger partial charge in [0.1, 0.15) is 5.75 Å². The lowest BCUT2D eigenvalue weighted by molar-refractivity contribution is 0.128. The van der Waals surface area contributed by atoms with Gasteiger partial charge in [-0.15, -0.1) is 0 Å². The number of ether oxygens (including phenoxy) is 1. The van der Waals surface area contributed by atoms with Gasteiger partial charge < -0.3 is 10.5 Å². The van der Waals surface area contributed by atoms with E-state index in [4.69, 9.17) is 10.5 Å². The third kappa shape index (κ3) is 4.45. The predicted octanol–water partition coefficient (Wildman–Crippen LogP) is 3.77. The molecule has 1 aromatic carbocycles. The van der Waals surface area contributed by atoms with E-state index in [-0.39, 0.29) is 5.54 Å². The van der Waals surface area contributed by atoms with E-state index in [0.717, 1.165) is 25.3 Å². The topological polar surface area (TPSA) is 38.5 Å². The van der Waals surface area contributed by atoms with Gasteiger partial charge in [0.15, 0.2) is 0 Å². The molecule has 2 atom stereocenters. The number of hydrogen-bond acceptors (Lipinski definition) is 3. The predicted molar refractivity (Wildman–Crippen MR) is 90.8 cm³/mol. The Morgan fingerprint density at radius 1 is 1.14 bits per heavy atom. The van der Waals surface area contributed by atoms with Crippen molar-refractivity contribution >= 4 is 0 Å². The normalized spacial score (nSPS) is 15.8. The first-order valence-corrected chi connectivity index (χ1v) is 8.18. The maximum atomic E-state index is 6.78. The summed E-state index contributed by atoms with van der Waals surface area (Å²) >= 11 is 0. The molecule has 0 aliphatic rings. The van der Waals surface area contributed by atoms with Crippen molar-refractivity contribution < 1.29 is 4.74 Å². The van der Waals surface area contributed by atoms with Crippen LogP contribution in [0.4, 0.5) is 0 Å². The monoisotopic (exact) mass is 292 g/mol. The van der Waals surface area contributed by atoms with Gasteiger partial charge in [-0.05, 0) is 44.1 Å². The highest BCUT2D eigenvalue weighted by atomic mass is 16.5. The van der Waals surface area contributed by atoms with Gasteiger partial charge in [-0.2, -0.15) is 0 Å². The van der Waals surface area contributed by atoms with Crippen molar-refractivity contribution in [3.63, 3.8) is 0 Å². The van der Waals surface area contributed by atoms with Crippen LogP contribution in [0.15, 0.2) is 24.3 Å². The van der Waals surface area contributed by atoms with Gasteiger partial charge in [0.2, 0.25) is 0 Å². The highest BCUT2D eigenvalue weighted by Crippen LogP contribution is 2.30. The zero-order chi connectivity index (χ0) is 15.9. The Kier molecular flexibility index (Phi) is 7.20. The molecule has 3 nitrogen and oxygen atoms in total. The zero-order valence-electron chi connectivity index (χ0n) is 14.4. The Labute approximate surface area is 130 Å². The average molecular weight is 292 g/mol. The fourth-order valence-electron chi connectivity index (χ4n) is 3.07. The first-order valence-electron chi connectivity index (χ1n) is 8.18. The fourth-order valence-corrected chi connectivity index (χ4v) is 3.07. The molecule has 0 radical (unpaired) electrons. The second kappa shape index (κ2) is 8.40. The highest BCUT2D eigenvalue weighted by molar-refractivity contribution is 5.32. The number of hydrogen-bond donors (Lipinski definition) is 1. The molecule has 0 saturated carbocycles. The van der Waals surface area contributed by atoms with Crippen LogP contribution >= 0.6 is 0 Å². The summed E-state index contributed by atoms with van der Waals surface area (Å²) in [5.74, 6) is 0.877. The Morgan fingerprint density at radius 3 is 2.14 bits per heavy atom. The summed E-state index contributed by atoms with van der Waals surface area (Å²) in [6.07, 6.45) is 3.55. The molecular weight excluding hydrogens is 260 g/mol. The van der Waals surface area contributed by atoms with Gasteiger partial charge in [0, 0.05) is 6.04 Å². The molecule has 3 heteroatoms.